The molecular weight excluding hydrogens is 258 g/mol. The highest BCUT2D eigenvalue weighted by Gasteiger charge is 2.11. The number of methoxy groups -OCH3 is 1. The molecule has 2 aromatic rings. The van der Waals surface area contributed by atoms with Gasteiger partial charge in [0.1, 0.15) is 5.75 Å². The van der Waals surface area contributed by atoms with E-state index in [2.05, 4.69) is 57.3 Å². The number of hydrogen-bond donors (Lipinski definition) is 1. The molecule has 0 aliphatic heterocycles. The summed E-state index contributed by atoms with van der Waals surface area (Å²) in [6.07, 6.45) is 0. The predicted molar refractivity (Wildman–Crippen MR) is 88.9 cm³/mol. The average molecular weight is 283 g/mol. The summed E-state index contributed by atoms with van der Waals surface area (Å²) in [7, 11) is 1.72. The van der Waals surface area contributed by atoms with Gasteiger partial charge in [0.2, 0.25) is 0 Å². The maximum absolute atomic E-state index is 5.44. The molecule has 2 rings (SSSR count). The van der Waals surface area contributed by atoms with Crippen molar-refractivity contribution in [2.45, 2.75) is 40.3 Å². The Hall–Kier alpha value is -1.80. The van der Waals surface area contributed by atoms with Crippen molar-refractivity contribution in [2.24, 2.45) is 0 Å². The van der Waals surface area contributed by atoms with Crippen molar-refractivity contribution in [3.05, 3.63) is 64.2 Å². The Morgan fingerprint density at radius 3 is 2.38 bits per heavy atom. The second-order valence-corrected chi connectivity index (χ2v) is 5.71. The van der Waals surface area contributed by atoms with Crippen molar-refractivity contribution in [2.75, 3.05) is 7.11 Å². The third kappa shape index (κ3) is 3.64. The molecule has 0 amide bonds. The number of aryl methyl sites for hydroxylation is 3. The first-order valence-electron chi connectivity index (χ1n) is 7.46. The van der Waals surface area contributed by atoms with Gasteiger partial charge in [-0.1, -0.05) is 30.3 Å². The monoisotopic (exact) mass is 283 g/mol. The molecule has 0 unspecified atom stereocenters. The lowest BCUT2D eigenvalue weighted by Gasteiger charge is -2.18. The van der Waals surface area contributed by atoms with Crippen LogP contribution in [0, 0.1) is 20.8 Å². The highest BCUT2D eigenvalue weighted by atomic mass is 16.5. The van der Waals surface area contributed by atoms with Gasteiger partial charge in [-0.25, -0.2) is 0 Å². The molecule has 0 aliphatic carbocycles. The molecule has 0 bridgehead atoms. The fourth-order valence-electron chi connectivity index (χ4n) is 2.61. The molecule has 0 spiro atoms. The SMILES string of the molecule is COc1ccccc1[C@H](C)NCc1cc(C)c(C)cc1C. The molecular formula is C19H25NO. The lowest BCUT2D eigenvalue weighted by atomic mass is 10.00. The Labute approximate surface area is 128 Å². The first-order valence-corrected chi connectivity index (χ1v) is 7.46. The van der Waals surface area contributed by atoms with E-state index >= 15 is 0 Å². The summed E-state index contributed by atoms with van der Waals surface area (Å²) in [4.78, 5) is 0. The number of rotatable bonds is 5. The van der Waals surface area contributed by atoms with Crippen LogP contribution in [0.4, 0.5) is 0 Å². The van der Waals surface area contributed by atoms with Crippen molar-refractivity contribution in [1.29, 1.82) is 0 Å². The molecule has 0 aliphatic rings. The maximum Gasteiger partial charge on any atom is 0.123 e. The van der Waals surface area contributed by atoms with Crippen molar-refractivity contribution >= 4 is 0 Å². The molecule has 1 atom stereocenters. The number of para-hydroxylation sites is 1. The molecule has 0 saturated carbocycles. The molecule has 21 heavy (non-hydrogen) atoms. The molecule has 0 aromatic heterocycles. The van der Waals surface area contributed by atoms with Crippen molar-refractivity contribution in [3.8, 4) is 5.75 Å². The summed E-state index contributed by atoms with van der Waals surface area (Å²) in [6.45, 7) is 9.55. The van der Waals surface area contributed by atoms with Crippen LogP contribution in [0.25, 0.3) is 0 Å². The van der Waals surface area contributed by atoms with E-state index in [1.54, 1.807) is 7.11 Å². The van der Waals surface area contributed by atoms with Gasteiger partial charge in [-0.05, 0) is 56.0 Å². The molecule has 0 fully saturated rings. The zero-order valence-corrected chi connectivity index (χ0v) is 13.7. The smallest absolute Gasteiger partial charge is 0.123 e. The fourth-order valence-corrected chi connectivity index (χ4v) is 2.61. The molecule has 2 nitrogen and oxygen atoms in total. The number of benzene rings is 2. The molecule has 0 radical (unpaired) electrons. The van der Waals surface area contributed by atoms with Crippen LogP contribution in [0.2, 0.25) is 0 Å². The van der Waals surface area contributed by atoms with Crippen molar-refractivity contribution in [3.63, 3.8) is 0 Å². The molecule has 2 heteroatoms. The Morgan fingerprint density at radius 2 is 1.67 bits per heavy atom. The van der Waals surface area contributed by atoms with Gasteiger partial charge < -0.3 is 10.1 Å². The molecule has 1 N–H and O–H groups in total. The van der Waals surface area contributed by atoms with Gasteiger partial charge in [-0.15, -0.1) is 0 Å². The average Bonchev–Trinajstić information content (AvgIpc) is 2.49. The van der Waals surface area contributed by atoms with Gasteiger partial charge >= 0.3 is 0 Å². The van der Waals surface area contributed by atoms with Crippen LogP contribution >= 0.6 is 0 Å². The molecule has 112 valence electrons. The van der Waals surface area contributed by atoms with Crippen LogP contribution in [0.1, 0.15) is 40.8 Å². The van der Waals surface area contributed by atoms with Crippen molar-refractivity contribution in [1.82, 2.24) is 5.32 Å². The Morgan fingerprint density at radius 1 is 1.00 bits per heavy atom. The highest BCUT2D eigenvalue weighted by molar-refractivity contribution is 5.38. The summed E-state index contributed by atoms with van der Waals surface area (Å²) in [5, 5.41) is 3.60. The number of ether oxygens (including phenoxy) is 1. The van der Waals surface area contributed by atoms with Crippen molar-refractivity contribution < 1.29 is 4.74 Å². The van der Waals surface area contributed by atoms with E-state index in [9.17, 15) is 0 Å². The Kier molecular flexibility index (Phi) is 5.03. The molecule has 0 saturated heterocycles. The van der Waals surface area contributed by atoms with Gasteiger partial charge in [0.05, 0.1) is 7.11 Å². The minimum absolute atomic E-state index is 0.252. The Bertz CT molecular complexity index is 619. The van der Waals surface area contributed by atoms with E-state index < -0.39 is 0 Å². The zero-order chi connectivity index (χ0) is 15.4. The first kappa shape index (κ1) is 15.6. The second kappa shape index (κ2) is 6.77. The van der Waals surface area contributed by atoms with Gasteiger partial charge in [0.25, 0.3) is 0 Å². The third-order valence-electron chi connectivity index (χ3n) is 4.16. The number of hydrogen-bond acceptors (Lipinski definition) is 2. The quantitative estimate of drug-likeness (QED) is 0.874. The van der Waals surface area contributed by atoms with Crippen LogP contribution in [0.3, 0.4) is 0 Å². The Balaban J connectivity index is 2.11. The highest BCUT2D eigenvalue weighted by Crippen LogP contribution is 2.25. The molecule has 2 aromatic carbocycles. The second-order valence-electron chi connectivity index (χ2n) is 5.71. The lowest BCUT2D eigenvalue weighted by molar-refractivity contribution is 0.401. The zero-order valence-electron chi connectivity index (χ0n) is 13.7. The summed E-state index contributed by atoms with van der Waals surface area (Å²) >= 11 is 0. The minimum atomic E-state index is 0.252. The van der Waals surface area contributed by atoms with E-state index in [1.807, 2.05) is 12.1 Å². The topological polar surface area (TPSA) is 21.3 Å². The van der Waals surface area contributed by atoms with Crippen LogP contribution in [-0.2, 0) is 6.54 Å². The predicted octanol–water partition coefficient (Wildman–Crippen LogP) is 4.47. The van der Waals surface area contributed by atoms with E-state index in [-0.39, 0.29) is 6.04 Å². The van der Waals surface area contributed by atoms with Gasteiger partial charge in [-0.2, -0.15) is 0 Å². The number of nitrogens with one attached hydrogen (secondary N) is 1. The first-order chi connectivity index (χ1) is 10.0. The summed E-state index contributed by atoms with van der Waals surface area (Å²) < 4.78 is 5.44. The third-order valence-corrected chi connectivity index (χ3v) is 4.16. The largest absolute Gasteiger partial charge is 0.496 e. The van der Waals surface area contributed by atoms with Crippen LogP contribution in [-0.4, -0.2) is 7.11 Å². The van der Waals surface area contributed by atoms with E-state index in [0.717, 1.165) is 12.3 Å². The summed E-state index contributed by atoms with van der Waals surface area (Å²) in [6, 6.07) is 13.0. The van der Waals surface area contributed by atoms with E-state index in [1.165, 1.54) is 27.8 Å². The van der Waals surface area contributed by atoms with E-state index in [0.29, 0.717) is 0 Å². The van der Waals surface area contributed by atoms with Gasteiger partial charge in [0.15, 0.2) is 0 Å². The van der Waals surface area contributed by atoms with Crippen LogP contribution in [0.15, 0.2) is 36.4 Å². The normalized spacial score (nSPS) is 12.2. The van der Waals surface area contributed by atoms with Gasteiger partial charge in [0, 0.05) is 18.2 Å². The maximum atomic E-state index is 5.44. The fraction of sp³-hybridized carbons (Fsp3) is 0.368. The summed E-state index contributed by atoms with van der Waals surface area (Å²) in [5.74, 6) is 0.939. The standard InChI is InChI=1S/C19H25NO/c1-13-10-15(3)17(11-14(13)2)12-20-16(4)18-8-6-7-9-19(18)21-5/h6-11,16,20H,12H2,1-5H3/t16-/m0/s1. The van der Waals surface area contributed by atoms with Crippen LogP contribution in [0.5, 0.6) is 5.75 Å². The van der Waals surface area contributed by atoms with Crippen LogP contribution < -0.4 is 10.1 Å². The minimum Gasteiger partial charge on any atom is -0.496 e. The summed E-state index contributed by atoms with van der Waals surface area (Å²) in [5.41, 5.74) is 6.61. The lowest BCUT2D eigenvalue weighted by Crippen LogP contribution is -2.19. The molecule has 0 heterocycles. The van der Waals surface area contributed by atoms with Gasteiger partial charge in [-0.3, -0.25) is 0 Å². The van der Waals surface area contributed by atoms with E-state index in [4.69, 9.17) is 4.74 Å².